The summed E-state index contributed by atoms with van der Waals surface area (Å²) < 4.78 is 1.98. The van der Waals surface area contributed by atoms with Crippen molar-refractivity contribution in [1.82, 2.24) is 15.4 Å². The van der Waals surface area contributed by atoms with Crippen molar-refractivity contribution in [1.29, 1.82) is 0 Å². The van der Waals surface area contributed by atoms with E-state index in [0.29, 0.717) is 10.4 Å². The second kappa shape index (κ2) is 8.67. The number of rotatable bonds is 6. The van der Waals surface area contributed by atoms with Crippen LogP contribution in [0.1, 0.15) is 44.3 Å². The maximum absolute atomic E-state index is 12.5. The highest BCUT2D eigenvalue weighted by Gasteiger charge is 2.17. The van der Waals surface area contributed by atoms with Gasteiger partial charge in [-0.05, 0) is 43.5 Å². The number of benzene rings is 1. The molecule has 0 aliphatic carbocycles. The number of Topliss-reactive ketones (excluding diaryl/α,β-unsaturated/α-hetero) is 1. The van der Waals surface area contributed by atoms with Crippen LogP contribution in [0.4, 0.5) is 0 Å². The predicted molar refractivity (Wildman–Crippen MR) is 109 cm³/mol. The van der Waals surface area contributed by atoms with Crippen LogP contribution in [0.5, 0.6) is 0 Å². The zero-order valence-corrected chi connectivity index (χ0v) is 16.5. The van der Waals surface area contributed by atoms with E-state index in [1.807, 2.05) is 54.1 Å². The van der Waals surface area contributed by atoms with Crippen molar-refractivity contribution in [3.63, 3.8) is 0 Å². The van der Waals surface area contributed by atoms with Gasteiger partial charge in [0.1, 0.15) is 0 Å². The smallest absolute Gasteiger partial charge is 0.271 e. The highest BCUT2D eigenvalue weighted by molar-refractivity contribution is 7.12. The van der Waals surface area contributed by atoms with Gasteiger partial charge in [0, 0.05) is 29.9 Å². The molecule has 0 bridgehead atoms. The lowest BCUT2D eigenvalue weighted by atomic mass is 10.2. The number of ketones is 1. The summed E-state index contributed by atoms with van der Waals surface area (Å²) in [5.41, 5.74) is 7.96. The topological polar surface area (TPSA) is 80.2 Å². The fraction of sp³-hybridized carbons (Fsp3) is 0.190. The first kappa shape index (κ1) is 19.6. The van der Waals surface area contributed by atoms with Gasteiger partial charge in [0.05, 0.1) is 10.4 Å². The van der Waals surface area contributed by atoms with Crippen LogP contribution in [0.2, 0.25) is 0 Å². The molecular formula is C21H21N3O3S. The van der Waals surface area contributed by atoms with Gasteiger partial charge in [-0.3, -0.25) is 25.2 Å². The Balaban J connectivity index is 1.58. The Labute approximate surface area is 167 Å². The number of aryl methyl sites for hydroxylation is 1. The molecule has 2 N–H and O–H groups in total. The third-order valence-electron chi connectivity index (χ3n) is 4.38. The summed E-state index contributed by atoms with van der Waals surface area (Å²) in [6.07, 6.45) is 0.116. The van der Waals surface area contributed by atoms with Gasteiger partial charge in [-0.2, -0.15) is 0 Å². The molecule has 0 unspecified atom stereocenters. The number of para-hydroxylation sites is 1. The van der Waals surface area contributed by atoms with Crippen LogP contribution in [0.15, 0.2) is 53.9 Å². The van der Waals surface area contributed by atoms with Crippen LogP contribution in [0.25, 0.3) is 5.69 Å². The molecule has 0 spiro atoms. The van der Waals surface area contributed by atoms with Crippen LogP contribution < -0.4 is 10.9 Å². The second-order valence-electron chi connectivity index (χ2n) is 6.36. The number of amides is 2. The van der Waals surface area contributed by atoms with Gasteiger partial charge in [0.15, 0.2) is 5.78 Å². The third-order valence-corrected chi connectivity index (χ3v) is 5.29. The van der Waals surface area contributed by atoms with Gasteiger partial charge in [0.25, 0.3) is 5.91 Å². The molecule has 2 amide bonds. The summed E-state index contributed by atoms with van der Waals surface area (Å²) in [7, 11) is 0. The molecule has 0 fully saturated rings. The fourth-order valence-corrected chi connectivity index (χ4v) is 3.71. The lowest BCUT2D eigenvalue weighted by Gasteiger charge is -2.10. The van der Waals surface area contributed by atoms with Gasteiger partial charge in [0.2, 0.25) is 5.91 Å². The minimum absolute atomic E-state index is 0.0139. The van der Waals surface area contributed by atoms with E-state index in [1.54, 1.807) is 18.2 Å². The Bertz CT molecular complexity index is 992. The van der Waals surface area contributed by atoms with E-state index in [1.165, 1.54) is 11.3 Å². The lowest BCUT2D eigenvalue weighted by Crippen LogP contribution is -2.41. The van der Waals surface area contributed by atoms with E-state index in [0.717, 1.165) is 17.1 Å². The van der Waals surface area contributed by atoms with E-state index < -0.39 is 11.8 Å². The number of thiophene rings is 1. The van der Waals surface area contributed by atoms with Crippen molar-refractivity contribution in [3.8, 4) is 5.69 Å². The van der Waals surface area contributed by atoms with Crippen LogP contribution in [-0.2, 0) is 4.79 Å². The summed E-state index contributed by atoms with van der Waals surface area (Å²) >= 11 is 1.35. The number of nitrogens with zero attached hydrogens (tertiary/aromatic N) is 1. The van der Waals surface area contributed by atoms with Crippen molar-refractivity contribution in [2.24, 2.45) is 0 Å². The summed E-state index contributed by atoms with van der Waals surface area (Å²) in [4.78, 5) is 37.0. The molecule has 0 atom stereocenters. The third kappa shape index (κ3) is 4.37. The Morgan fingerprint density at radius 3 is 2.39 bits per heavy atom. The maximum Gasteiger partial charge on any atom is 0.271 e. The number of aromatic nitrogens is 1. The van der Waals surface area contributed by atoms with Crippen molar-refractivity contribution in [2.75, 3.05) is 0 Å². The van der Waals surface area contributed by atoms with Crippen molar-refractivity contribution >= 4 is 28.9 Å². The number of nitrogens with one attached hydrogen (secondary N) is 2. The Morgan fingerprint density at radius 2 is 1.71 bits per heavy atom. The van der Waals surface area contributed by atoms with Crippen LogP contribution in [-0.4, -0.2) is 22.2 Å². The SMILES string of the molecule is Cc1cc(C(=O)NNC(=O)CCC(=O)c2cccs2)c(C)n1-c1ccccc1. The zero-order valence-electron chi connectivity index (χ0n) is 15.7. The molecule has 0 saturated carbocycles. The molecular weight excluding hydrogens is 374 g/mol. The molecule has 0 aliphatic heterocycles. The summed E-state index contributed by atoms with van der Waals surface area (Å²) in [6, 6.07) is 15.0. The van der Waals surface area contributed by atoms with Gasteiger partial charge in [-0.25, -0.2) is 0 Å². The molecule has 3 rings (SSSR count). The van der Waals surface area contributed by atoms with Gasteiger partial charge in [-0.15, -0.1) is 11.3 Å². The molecule has 1 aromatic carbocycles. The average Bonchev–Trinajstić information content (AvgIpc) is 3.33. The van der Waals surface area contributed by atoms with Crippen molar-refractivity contribution in [2.45, 2.75) is 26.7 Å². The van der Waals surface area contributed by atoms with Crippen molar-refractivity contribution in [3.05, 3.63) is 75.7 Å². The zero-order chi connectivity index (χ0) is 20.1. The second-order valence-corrected chi connectivity index (χ2v) is 7.31. The molecule has 0 radical (unpaired) electrons. The van der Waals surface area contributed by atoms with Gasteiger partial charge < -0.3 is 4.57 Å². The number of carbonyl (C=O) groups is 3. The van der Waals surface area contributed by atoms with Crippen LogP contribution in [0, 0.1) is 13.8 Å². The molecule has 0 saturated heterocycles. The molecule has 3 aromatic rings. The van der Waals surface area contributed by atoms with E-state index in [4.69, 9.17) is 0 Å². The minimum Gasteiger partial charge on any atom is -0.318 e. The summed E-state index contributed by atoms with van der Waals surface area (Å²) in [6.45, 7) is 3.78. The Kier molecular flexibility index (Phi) is 6.06. The normalized spacial score (nSPS) is 10.5. The Hall–Kier alpha value is -3.19. The molecule has 6 nitrogen and oxygen atoms in total. The molecule has 2 aromatic heterocycles. The lowest BCUT2D eigenvalue weighted by molar-refractivity contribution is -0.121. The van der Waals surface area contributed by atoms with E-state index in [2.05, 4.69) is 10.9 Å². The largest absolute Gasteiger partial charge is 0.318 e. The highest BCUT2D eigenvalue weighted by Crippen LogP contribution is 2.20. The number of hydrogen-bond donors (Lipinski definition) is 2. The average molecular weight is 395 g/mol. The molecule has 144 valence electrons. The van der Waals surface area contributed by atoms with Gasteiger partial charge in [-0.1, -0.05) is 24.3 Å². The van der Waals surface area contributed by atoms with Gasteiger partial charge >= 0.3 is 0 Å². The summed E-state index contributed by atoms with van der Waals surface area (Å²) in [5, 5.41) is 1.82. The van der Waals surface area contributed by atoms with E-state index in [9.17, 15) is 14.4 Å². The standard InChI is InChI=1S/C21H21N3O3S/c1-14-13-17(15(2)24(14)16-7-4-3-5-8-16)21(27)23-22-20(26)11-10-18(25)19-9-6-12-28-19/h3-9,12-13H,10-11H2,1-2H3,(H,22,26)(H,23,27). The number of hydrazine groups is 1. The Morgan fingerprint density at radius 1 is 0.964 bits per heavy atom. The van der Waals surface area contributed by atoms with E-state index >= 15 is 0 Å². The first-order valence-corrected chi connectivity index (χ1v) is 9.75. The number of carbonyl (C=O) groups excluding carboxylic acids is 3. The van der Waals surface area contributed by atoms with E-state index in [-0.39, 0.29) is 18.6 Å². The quantitative estimate of drug-likeness (QED) is 0.494. The predicted octanol–water partition coefficient (Wildman–Crippen LogP) is 3.58. The van der Waals surface area contributed by atoms with Crippen LogP contribution in [0.3, 0.4) is 0 Å². The van der Waals surface area contributed by atoms with Crippen LogP contribution >= 0.6 is 11.3 Å². The molecule has 2 heterocycles. The molecule has 28 heavy (non-hydrogen) atoms. The maximum atomic E-state index is 12.5. The minimum atomic E-state index is -0.407. The fourth-order valence-electron chi connectivity index (χ4n) is 3.01. The first-order valence-electron chi connectivity index (χ1n) is 8.87. The number of hydrogen-bond acceptors (Lipinski definition) is 4. The van der Waals surface area contributed by atoms with Crippen molar-refractivity contribution < 1.29 is 14.4 Å². The molecule has 7 heteroatoms. The summed E-state index contributed by atoms with van der Waals surface area (Å²) in [5.74, 6) is -0.883. The first-order chi connectivity index (χ1) is 13.5. The molecule has 0 aliphatic rings. The monoisotopic (exact) mass is 395 g/mol. The highest BCUT2D eigenvalue weighted by atomic mass is 32.1.